The van der Waals surface area contributed by atoms with Gasteiger partial charge in [-0.15, -0.1) is 0 Å². The maximum atomic E-state index is 15.1. The number of hydrogen-bond donors (Lipinski definition) is 0. The molecule has 5 aliphatic rings. The lowest BCUT2D eigenvalue weighted by molar-refractivity contribution is -0.127. The number of ether oxygens (including phenoxy) is 4. The minimum Gasteiger partial charge on any atom is -0.494 e. The zero-order chi connectivity index (χ0) is 101. The molecule has 0 bridgehead atoms. The highest BCUT2D eigenvalue weighted by Gasteiger charge is 2.38. The summed E-state index contributed by atoms with van der Waals surface area (Å²) in [5.41, 5.74) is 33.7. The molecule has 0 atom stereocenters. The van der Waals surface area contributed by atoms with Crippen molar-refractivity contribution in [3.63, 3.8) is 0 Å². The summed E-state index contributed by atoms with van der Waals surface area (Å²) in [6.07, 6.45) is 7.48. The maximum absolute atomic E-state index is 15.1. The number of benzene rings is 8. The second kappa shape index (κ2) is 45.1. The van der Waals surface area contributed by atoms with Gasteiger partial charge in [0.1, 0.15) is 28.8 Å². The summed E-state index contributed by atoms with van der Waals surface area (Å²) in [4.78, 5) is 59.1. The fourth-order valence-corrected chi connectivity index (χ4v) is 22.1. The van der Waals surface area contributed by atoms with Gasteiger partial charge in [0, 0.05) is 223 Å². The number of nitriles is 1. The number of amides is 2. The van der Waals surface area contributed by atoms with Crippen LogP contribution < -0.4 is 24.0 Å². The molecule has 21 nitrogen and oxygen atoms in total. The second-order valence-corrected chi connectivity index (χ2v) is 40.7. The van der Waals surface area contributed by atoms with Gasteiger partial charge in [0.2, 0.25) is 0 Å². The molecule has 3 fully saturated rings. The number of carbonyl (C=O) groups excluding carboxylic acids is 3. The van der Waals surface area contributed by atoms with Crippen LogP contribution in [0.2, 0.25) is 30.1 Å². The molecule has 142 heavy (non-hydrogen) atoms. The van der Waals surface area contributed by atoms with E-state index in [9.17, 15) is 14.9 Å². The lowest BCUT2D eigenvalue weighted by atomic mass is 9.93. The molecule has 8 heterocycles. The number of anilines is 2. The van der Waals surface area contributed by atoms with Crippen LogP contribution in [0.5, 0.6) is 17.2 Å². The molecule has 8 aromatic carbocycles. The fraction of sp³-hybridized carbons (Fsp3) is 0.374. The molecule has 2 aliphatic carbocycles. The minimum absolute atomic E-state index is 0.0582. The molecule has 27 heteroatoms. The largest absolute Gasteiger partial charge is 0.494 e. The zero-order valence-corrected chi connectivity index (χ0v) is 89.1. The average Bonchev–Trinajstić information content (AvgIpc) is 1.58. The predicted molar refractivity (Wildman–Crippen MR) is 576 cm³/mol. The molecule has 2 amide bonds. The van der Waals surface area contributed by atoms with Gasteiger partial charge in [0.25, 0.3) is 11.8 Å². The van der Waals surface area contributed by atoms with E-state index in [-0.39, 0.29) is 24.0 Å². The summed E-state index contributed by atoms with van der Waals surface area (Å²) >= 11 is 40.2. The van der Waals surface area contributed by atoms with Crippen molar-refractivity contribution in [2.75, 3.05) is 115 Å². The Hall–Kier alpha value is -11.7. The number of halogens is 6. The van der Waals surface area contributed by atoms with Crippen LogP contribution >= 0.6 is 69.6 Å². The van der Waals surface area contributed by atoms with Gasteiger partial charge in [-0.2, -0.15) is 20.6 Å². The average molecular weight is 2030 g/mol. The summed E-state index contributed by atoms with van der Waals surface area (Å²) < 4.78 is 32.2. The third-order valence-electron chi connectivity index (χ3n) is 28.6. The molecule has 0 unspecified atom stereocenters. The van der Waals surface area contributed by atoms with Crippen molar-refractivity contribution in [2.45, 2.75) is 161 Å². The monoisotopic (exact) mass is 2020 g/mol. The number of ketones is 1. The van der Waals surface area contributed by atoms with E-state index in [0.717, 1.165) is 288 Å². The third-order valence-corrected chi connectivity index (χ3v) is 31.4. The van der Waals surface area contributed by atoms with Crippen molar-refractivity contribution in [1.29, 1.82) is 5.26 Å². The molecule has 3 saturated heterocycles. The number of piperazine rings is 2. The number of rotatable bonds is 28. The van der Waals surface area contributed by atoms with E-state index in [1.54, 1.807) is 12.1 Å². The van der Waals surface area contributed by atoms with Crippen LogP contribution in [0.15, 0.2) is 151 Å². The van der Waals surface area contributed by atoms with E-state index in [1.165, 1.54) is 11.3 Å². The molecule has 740 valence electrons. The molecule has 13 aromatic rings. The second-order valence-electron chi connectivity index (χ2n) is 38.4. The smallest absolute Gasteiger partial charge is 0.270 e. The van der Waals surface area contributed by atoms with Crippen LogP contribution in [0.1, 0.15) is 160 Å². The van der Waals surface area contributed by atoms with Gasteiger partial charge in [-0.05, 0) is 304 Å². The number of fused-ring (bicyclic) bond motifs is 3. The summed E-state index contributed by atoms with van der Waals surface area (Å²) in [7, 11) is 5.86. The number of nitrogens with zero attached hydrogens (tertiary/aromatic N) is 14. The highest BCUT2D eigenvalue weighted by atomic mass is 35.5. The highest BCUT2D eigenvalue weighted by molar-refractivity contribution is 6.36. The Balaban J connectivity index is 0.000000155. The predicted octanol–water partition coefficient (Wildman–Crippen LogP) is 24.5. The van der Waals surface area contributed by atoms with E-state index in [2.05, 4.69) is 110 Å². The molecular weight excluding hydrogens is 1900 g/mol. The Morgan fingerprint density at radius 1 is 0.444 bits per heavy atom. The van der Waals surface area contributed by atoms with Crippen molar-refractivity contribution in [2.24, 2.45) is 21.1 Å². The molecular formula is C115H126Cl6N14O7. The number of pyridine rings is 1. The Morgan fingerprint density at radius 2 is 0.880 bits per heavy atom. The molecule has 3 aliphatic heterocycles. The van der Waals surface area contributed by atoms with Crippen LogP contribution in [0.3, 0.4) is 0 Å². The molecule has 5 aromatic heterocycles. The van der Waals surface area contributed by atoms with Crippen molar-refractivity contribution >= 4 is 121 Å². The first-order valence-electron chi connectivity index (χ1n) is 49.1. The van der Waals surface area contributed by atoms with Crippen LogP contribution in [0.25, 0.3) is 55.4 Å². The number of aryl methyl sites for hydroxylation is 15. The van der Waals surface area contributed by atoms with Gasteiger partial charge >= 0.3 is 0 Å². The van der Waals surface area contributed by atoms with Gasteiger partial charge in [0.15, 0.2) is 5.78 Å². The van der Waals surface area contributed by atoms with Gasteiger partial charge in [-0.25, -0.2) is 4.98 Å². The van der Waals surface area contributed by atoms with Gasteiger partial charge in [-0.3, -0.25) is 33.3 Å². The maximum Gasteiger partial charge on any atom is 0.270 e. The summed E-state index contributed by atoms with van der Waals surface area (Å²) in [5, 5.41) is 28.8. The molecule has 0 saturated carbocycles. The summed E-state index contributed by atoms with van der Waals surface area (Å²) in [5.74, 6) is 3.60. The van der Waals surface area contributed by atoms with Crippen molar-refractivity contribution in [3.05, 3.63) is 304 Å². The zero-order valence-electron chi connectivity index (χ0n) is 84.6. The van der Waals surface area contributed by atoms with E-state index in [4.69, 9.17) is 93.7 Å². The Labute approximate surface area is 864 Å². The van der Waals surface area contributed by atoms with E-state index in [1.807, 2.05) is 200 Å². The van der Waals surface area contributed by atoms with Crippen molar-refractivity contribution in [3.8, 4) is 56.7 Å². The van der Waals surface area contributed by atoms with Crippen LogP contribution in [0, 0.1) is 108 Å². The Kier molecular flexibility index (Phi) is 32.8. The lowest BCUT2D eigenvalue weighted by Crippen LogP contribution is -2.49. The third kappa shape index (κ3) is 22.3. The highest BCUT2D eigenvalue weighted by Crippen LogP contribution is 2.50. The summed E-state index contributed by atoms with van der Waals surface area (Å²) in [6, 6.07) is 46.2. The van der Waals surface area contributed by atoms with Crippen LogP contribution in [0.4, 0.5) is 11.5 Å². The van der Waals surface area contributed by atoms with Crippen LogP contribution in [-0.2, 0) is 67.7 Å². The topological polar surface area (TPSA) is 199 Å². The molecule has 0 spiro atoms. The normalized spacial score (nSPS) is 14.3. The van der Waals surface area contributed by atoms with Crippen molar-refractivity contribution < 1.29 is 33.3 Å². The molecule has 0 N–H and O–H groups in total. The number of allylic oxidation sites excluding steroid dienone is 3. The SMILES string of the molecule is Cc1cc(OCCCC2=C(C(=O)Cc3cccc(C#N)c3)Cc3c2ccc(Cl)c3-c2c(C)nn(C)c2C)cc(C)c1Cl.Cc1ccc(N2CCN(C(=O)C3=C(CCCOc4cc(C)c(Cl)c(C)c4)c4ccc(Cl)c(-c5c(C)nn(C)c5C)c4C3)CC2)nc1.Cc1ccc(N2CCN(C(=O)c3c(CCCOc4cc(C)c(Cl)c(C)c4)c4ccc(Cl)c(-c5c(C)nn(C)c5C)c4n3CCN3CCOCC3)CC2)cc1. The van der Waals surface area contributed by atoms with Gasteiger partial charge < -0.3 is 43.1 Å². The number of Topliss-reactive ketones (excluding diaryl/α,β-unsaturated/α-hetero) is 1. The Morgan fingerprint density at radius 3 is 1.35 bits per heavy atom. The number of morpholine rings is 1. The van der Waals surface area contributed by atoms with Crippen LogP contribution in [-0.4, -0.2) is 176 Å². The quantitative estimate of drug-likeness (QED) is 0.0419. The summed E-state index contributed by atoms with van der Waals surface area (Å²) in [6.45, 7) is 40.1. The van der Waals surface area contributed by atoms with E-state index < -0.39 is 0 Å². The first-order valence-corrected chi connectivity index (χ1v) is 51.4. The number of hydrogen-bond acceptors (Lipinski definition) is 15. The first-order chi connectivity index (χ1) is 68.1. The molecule has 0 radical (unpaired) electrons. The minimum atomic E-state index is 0.0582. The molecule has 18 rings (SSSR count). The van der Waals surface area contributed by atoms with Crippen molar-refractivity contribution in [1.82, 2.24) is 53.6 Å². The van der Waals surface area contributed by atoms with E-state index in [0.29, 0.717) is 112 Å². The standard InChI is InChI=1S/C43H52Cl2N6O3.C37H41Cl2N5O2.C35H33Cl2N3O2/c1-28-9-11-33(12-10-28)49-16-18-50(19-17-49)43(52)42-35(8-7-23-54-34-26-29(2)40(45)30(3)27-34)36-13-14-37(44)39(38-31(4)46-47(6)32(38)5)41(36)51(42)20-15-48-21-24-53-25-22-48;1-22-9-12-33(40-21-22)43-13-15-44(16-14-43)37(45)31-20-30-29(10-11-32(38)35(30)34-25(4)41-42(6)26(34)5)28(31)8-7-17-46-27-18-23(2)36(39)24(3)19-27;1-20-14-26(15-21(2)35(20)37)42-13-7-10-27-28-11-12-31(36)34(33-22(3)39-40(5)23(33)4)30(28)18-29(27)32(41)17-24-8-6-9-25(16-24)19-38/h9-14,26-27H,7-8,15-25H2,1-6H3;9-12,18-19,21H,7-8,13-17,20H2,1-6H3;6,8-9,11-12,14-16H,7,10,13,17-18H2,1-5H3. The number of carbonyl (C=O) groups is 3. The first kappa shape index (κ1) is 103. The van der Waals surface area contributed by atoms with Gasteiger partial charge in [0.05, 0.1) is 72.3 Å². The van der Waals surface area contributed by atoms with E-state index >= 15 is 4.79 Å². The van der Waals surface area contributed by atoms with Gasteiger partial charge in [-0.1, -0.05) is 124 Å². The lowest BCUT2D eigenvalue weighted by Gasteiger charge is -2.36. The fourth-order valence-electron chi connectivity index (χ4n) is 20.9. The number of aromatic nitrogens is 8. The Bertz CT molecular complexity index is 7030.